The van der Waals surface area contributed by atoms with E-state index in [0.717, 1.165) is 28.2 Å². The van der Waals surface area contributed by atoms with Crippen LogP contribution in [0.2, 0.25) is 0 Å². The van der Waals surface area contributed by atoms with E-state index in [0.29, 0.717) is 10.9 Å². The number of nitrogens with zero attached hydrogens (tertiary/aromatic N) is 3. The third kappa shape index (κ3) is 3.66. The molecule has 6 heteroatoms. The minimum absolute atomic E-state index is 0.118. The van der Waals surface area contributed by atoms with Gasteiger partial charge in [-0.05, 0) is 30.2 Å². The van der Waals surface area contributed by atoms with Gasteiger partial charge in [-0.2, -0.15) is 0 Å². The van der Waals surface area contributed by atoms with Crippen LogP contribution in [0.5, 0.6) is 0 Å². The van der Waals surface area contributed by atoms with Crippen LogP contribution < -0.4 is 5.56 Å². The highest BCUT2D eigenvalue weighted by Crippen LogP contribution is 2.26. The molecule has 0 bridgehead atoms. The second-order valence-corrected chi connectivity index (χ2v) is 7.57. The molecule has 0 atom stereocenters. The molecule has 0 amide bonds. The Labute approximate surface area is 161 Å². The van der Waals surface area contributed by atoms with Crippen LogP contribution in [0.15, 0.2) is 70.6 Å². The zero-order valence-corrected chi connectivity index (χ0v) is 16.0. The van der Waals surface area contributed by atoms with Gasteiger partial charge >= 0.3 is 0 Å². The lowest BCUT2D eigenvalue weighted by Gasteiger charge is -2.10. The third-order valence-electron chi connectivity index (χ3n) is 4.31. The molecular formula is C21H20N4OS. The number of rotatable bonds is 5. The van der Waals surface area contributed by atoms with E-state index < -0.39 is 0 Å². The minimum atomic E-state index is -0.118. The zero-order chi connectivity index (χ0) is 18.8. The van der Waals surface area contributed by atoms with Crippen molar-refractivity contribution in [1.29, 1.82) is 0 Å². The Morgan fingerprint density at radius 1 is 1.04 bits per heavy atom. The molecule has 0 aliphatic heterocycles. The molecule has 4 rings (SSSR count). The van der Waals surface area contributed by atoms with Gasteiger partial charge in [-0.15, -0.1) is 0 Å². The first kappa shape index (κ1) is 17.5. The standard InChI is InChI=1S/C21H20N4OS/c1-14(2)17-12-20(26)24-21(23-17)27-13-19-22-16-10-6-7-11-18(16)25(19)15-8-4-3-5-9-15/h3-12,14H,13H2,1-2H3,(H,23,24,26). The van der Waals surface area contributed by atoms with E-state index in [1.807, 2.05) is 50.2 Å². The molecule has 0 aliphatic rings. The number of fused-ring (bicyclic) bond motifs is 1. The monoisotopic (exact) mass is 376 g/mol. The second-order valence-electron chi connectivity index (χ2n) is 6.61. The van der Waals surface area contributed by atoms with Gasteiger partial charge in [-0.3, -0.25) is 9.36 Å². The van der Waals surface area contributed by atoms with Crippen molar-refractivity contribution in [3.8, 4) is 5.69 Å². The summed E-state index contributed by atoms with van der Waals surface area (Å²) in [5.41, 5.74) is 3.77. The normalized spacial score (nSPS) is 11.4. The van der Waals surface area contributed by atoms with Gasteiger partial charge in [0.1, 0.15) is 5.82 Å². The van der Waals surface area contributed by atoms with Crippen LogP contribution in [-0.2, 0) is 5.75 Å². The molecule has 0 aliphatic carbocycles. The van der Waals surface area contributed by atoms with E-state index >= 15 is 0 Å². The number of aromatic amines is 1. The summed E-state index contributed by atoms with van der Waals surface area (Å²) in [7, 11) is 0. The summed E-state index contributed by atoms with van der Waals surface area (Å²) in [5.74, 6) is 1.74. The van der Waals surface area contributed by atoms with Crippen LogP contribution in [0.4, 0.5) is 0 Å². The van der Waals surface area contributed by atoms with Gasteiger partial charge in [0, 0.05) is 11.8 Å². The van der Waals surface area contributed by atoms with Crippen molar-refractivity contribution in [2.24, 2.45) is 0 Å². The van der Waals surface area contributed by atoms with Crippen LogP contribution in [0, 0.1) is 0 Å². The fourth-order valence-electron chi connectivity index (χ4n) is 2.99. The predicted octanol–water partition coefficient (Wildman–Crippen LogP) is 4.52. The van der Waals surface area contributed by atoms with E-state index in [2.05, 4.69) is 32.7 Å². The summed E-state index contributed by atoms with van der Waals surface area (Å²) in [4.78, 5) is 24.1. The van der Waals surface area contributed by atoms with Crippen LogP contribution in [0.25, 0.3) is 16.7 Å². The second kappa shape index (κ2) is 7.40. The number of thioether (sulfide) groups is 1. The molecule has 0 saturated carbocycles. The fourth-order valence-corrected chi connectivity index (χ4v) is 3.79. The molecule has 5 nitrogen and oxygen atoms in total. The molecule has 27 heavy (non-hydrogen) atoms. The first-order chi connectivity index (χ1) is 13.1. The number of H-pyrrole nitrogens is 1. The van der Waals surface area contributed by atoms with Crippen molar-refractivity contribution in [2.45, 2.75) is 30.7 Å². The summed E-state index contributed by atoms with van der Waals surface area (Å²) < 4.78 is 2.16. The topological polar surface area (TPSA) is 63.6 Å². The first-order valence-electron chi connectivity index (χ1n) is 8.87. The van der Waals surface area contributed by atoms with Gasteiger partial charge in [-0.1, -0.05) is 55.9 Å². The molecule has 0 fully saturated rings. The van der Waals surface area contributed by atoms with E-state index in [4.69, 9.17) is 4.98 Å². The van der Waals surface area contributed by atoms with Gasteiger partial charge in [0.2, 0.25) is 0 Å². The highest BCUT2D eigenvalue weighted by molar-refractivity contribution is 7.98. The Bertz CT molecular complexity index is 1130. The summed E-state index contributed by atoms with van der Waals surface area (Å²) in [5, 5.41) is 0.623. The summed E-state index contributed by atoms with van der Waals surface area (Å²) >= 11 is 1.49. The molecule has 0 spiro atoms. The van der Waals surface area contributed by atoms with Gasteiger partial charge < -0.3 is 4.98 Å². The number of nitrogens with one attached hydrogen (secondary N) is 1. The van der Waals surface area contributed by atoms with Crippen molar-refractivity contribution >= 4 is 22.8 Å². The molecule has 4 aromatic rings. The van der Waals surface area contributed by atoms with Crippen molar-refractivity contribution in [3.05, 3.63) is 82.5 Å². The largest absolute Gasteiger partial charge is 0.301 e. The maximum Gasteiger partial charge on any atom is 0.251 e. The number of aromatic nitrogens is 4. The van der Waals surface area contributed by atoms with Crippen LogP contribution in [-0.4, -0.2) is 19.5 Å². The van der Waals surface area contributed by atoms with Gasteiger partial charge in [0.05, 0.1) is 22.5 Å². The lowest BCUT2D eigenvalue weighted by atomic mass is 10.1. The van der Waals surface area contributed by atoms with E-state index in [-0.39, 0.29) is 11.5 Å². The van der Waals surface area contributed by atoms with Gasteiger partial charge in [0.15, 0.2) is 5.16 Å². The van der Waals surface area contributed by atoms with Crippen molar-refractivity contribution in [2.75, 3.05) is 0 Å². The first-order valence-corrected chi connectivity index (χ1v) is 9.86. The van der Waals surface area contributed by atoms with E-state index in [1.54, 1.807) is 6.07 Å². The van der Waals surface area contributed by atoms with Crippen molar-refractivity contribution in [3.63, 3.8) is 0 Å². The lowest BCUT2D eigenvalue weighted by molar-refractivity contribution is 0.769. The minimum Gasteiger partial charge on any atom is -0.301 e. The lowest BCUT2D eigenvalue weighted by Crippen LogP contribution is -2.11. The summed E-state index contributed by atoms with van der Waals surface area (Å²) in [6.45, 7) is 4.07. The summed E-state index contributed by atoms with van der Waals surface area (Å²) in [6, 6.07) is 19.8. The maximum absolute atomic E-state index is 11.9. The van der Waals surface area contributed by atoms with Crippen molar-refractivity contribution in [1.82, 2.24) is 19.5 Å². The fraction of sp³-hybridized carbons (Fsp3) is 0.190. The average Bonchev–Trinajstić information content (AvgIpc) is 3.05. The van der Waals surface area contributed by atoms with E-state index in [1.165, 1.54) is 11.8 Å². The Morgan fingerprint density at radius 2 is 1.78 bits per heavy atom. The smallest absolute Gasteiger partial charge is 0.251 e. The quantitative estimate of drug-likeness (QED) is 0.411. The molecule has 1 N–H and O–H groups in total. The molecular weight excluding hydrogens is 356 g/mol. The van der Waals surface area contributed by atoms with Gasteiger partial charge in [0.25, 0.3) is 5.56 Å². The number of hydrogen-bond acceptors (Lipinski definition) is 4. The molecule has 0 saturated heterocycles. The van der Waals surface area contributed by atoms with Crippen LogP contribution >= 0.6 is 11.8 Å². The number of imidazole rings is 1. The maximum atomic E-state index is 11.9. The summed E-state index contributed by atoms with van der Waals surface area (Å²) in [6.07, 6.45) is 0. The number of hydrogen-bond donors (Lipinski definition) is 1. The van der Waals surface area contributed by atoms with E-state index in [9.17, 15) is 4.79 Å². The molecule has 0 unspecified atom stereocenters. The molecule has 2 heterocycles. The Balaban J connectivity index is 1.72. The zero-order valence-electron chi connectivity index (χ0n) is 15.2. The average molecular weight is 376 g/mol. The Morgan fingerprint density at radius 3 is 2.56 bits per heavy atom. The molecule has 136 valence electrons. The predicted molar refractivity (Wildman–Crippen MR) is 110 cm³/mol. The Hall–Kier alpha value is -2.86. The van der Waals surface area contributed by atoms with Crippen LogP contribution in [0.3, 0.4) is 0 Å². The number of para-hydroxylation sites is 3. The molecule has 2 aromatic heterocycles. The third-order valence-corrected chi connectivity index (χ3v) is 5.18. The van der Waals surface area contributed by atoms with Crippen molar-refractivity contribution < 1.29 is 0 Å². The van der Waals surface area contributed by atoms with Crippen LogP contribution in [0.1, 0.15) is 31.3 Å². The van der Waals surface area contributed by atoms with Gasteiger partial charge in [-0.25, -0.2) is 9.97 Å². The Kier molecular flexibility index (Phi) is 4.81. The highest BCUT2D eigenvalue weighted by Gasteiger charge is 2.13. The number of benzene rings is 2. The molecule has 0 radical (unpaired) electrons. The molecule has 2 aromatic carbocycles. The highest BCUT2D eigenvalue weighted by atomic mass is 32.2. The SMILES string of the molecule is CC(C)c1cc(=O)[nH]c(SCc2nc3ccccc3n2-c2ccccc2)n1.